The first-order valence-electron chi connectivity index (χ1n) is 13.7. The normalized spacial score (nSPS) is 11.3. The molecule has 0 bridgehead atoms. The van der Waals surface area contributed by atoms with Gasteiger partial charge in [-0.2, -0.15) is 4.74 Å². The van der Waals surface area contributed by atoms with Crippen LogP contribution in [0.5, 0.6) is 5.88 Å². The molecule has 17 heteroatoms. The number of thiophene rings is 1. The number of benzene rings is 1. The molecule has 0 aliphatic heterocycles. The third-order valence-corrected chi connectivity index (χ3v) is 7.47. The number of nitrogens with zero attached hydrogens (tertiary/aromatic N) is 5. The van der Waals surface area contributed by atoms with E-state index in [2.05, 4.69) is 25.8 Å². The molecule has 46 heavy (non-hydrogen) atoms. The van der Waals surface area contributed by atoms with Crippen LogP contribution in [0, 0.1) is 11.6 Å². The number of methoxy groups -OCH3 is 1. The van der Waals surface area contributed by atoms with Crippen molar-refractivity contribution in [3.63, 3.8) is 0 Å². The van der Waals surface area contributed by atoms with Gasteiger partial charge in [0.1, 0.15) is 23.1 Å². The third-order valence-electron chi connectivity index (χ3n) is 6.21. The fourth-order valence-electron chi connectivity index (χ4n) is 4.22. The van der Waals surface area contributed by atoms with Gasteiger partial charge in [0.15, 0.2) is 4.83 Å². The molecule has 4 aromatic heterocycles. The van der Waals surface area contributed by atoms with E-state index in [-0.39, 0.29) is 48.2 Å². The molecule has 242 valence electrons. The molecule has 0 radical (unpaired) electrons. The van der Waals surface area contributed by atoms with Crippen molar-refractivity contribution < 1.29 is 42.1 Å². The van der Waals surface area contributed by atoms with Gasteiger partial charge in [0.05, 0.1) is 13.7 Å². The van der Waals surface area contributed by atoms with Gasteiger partial charge in [0.25, 0.3) is 0 Å². The molecular formula is C29H29F2N7O7S. The van der Waals surface area contributed by atoms with Crippen LogP contribution in [0.25, 0.3) is 26.7 Å². The van der Waals surface area contributed by atoms with Crippen LogP contribution in [0.1, 0.15) is 31.9 Å². The van der Waals surface area contributed by atoms with Crippen molar-refractivity contribution in [2.75, 3.05) is 19.0 Å². The summed E-state index contributed by atoms with van der Waals surface area (Å²) >= 11 is 1.16. The summed E-state index contributed by atoms with van der Waals surface area (Å²) in [7, 11) is 1.42. The molecule has 4 heterocycles. The Labute approximate surface area is 263 Å². The maximum atomic E-state index is 14.8. The van der Waals surface area contributed by atoms with Crippen molar-refractivity contribution in [2.24, 2.45) is 0 Å². The zero-order valence-corrected chi connectivity index (χ0v) is 25.9. The summed E-state index contributed by atoms with van der Waals surface area (Å²) in [5.74, 6) is -1.04. The number of carbonyl (C=O) groups excluding carboxylic acids is 1. The average molecular weight is 658 g/mol. The van der Waals surface area contributed by atoms with E-state index in [1.54, 1.807) is 32.9 Å². The zero-order valence-electron chi connectivity index (χ0n) is 25.0. The molecule has 0 fully saturated rings. The van der Waals surface area contributed by atoms with Crippen LogP contribution in [-0.4, -0.2) is 61.4 Å². The second kappa shape index (κ2) is 13.3. The number of hydrogen-bond acceptors (Lipinski definition) is 10. The summed E-state index contributed by atoms with van der Waals surface area (Å²) in [5.41, 5.74) is 0.375. The Bertz CT molecular complexity index is 1880. The molecule has 3 N–H and O–H groups in total. The number of carboxylic acid groups (broad SMARTS) is 1. The highest BCUT2D eigenvalue weighted by atomic mass is 32.1. The first kappa shape index (κ1) is 32.0. The Balaban J connectivity index is 1.65. The Morgan fingerprint density at radius 2 is 1.83 bits per heavy atom. The lowest BCUT2D eigenvalue weighted by Crippen LogP contribution is -2.27. The maximum Gasteiger partial charge on any atom is 0.413 e. The van der Waals surface area contributed by atoms with Crippen LogP contribution in [0.2, 0.25) is 0 Å². The van der Waals surface area contributed by atoms with Gasteiger partial charge in [-0.05, 0) is 57.5 Å². The van der Waals surface area contributed by atoms with Crippen LogP contribution < -0.4 is 15.4 Å². The molecule has 0 saturated heterocycles. The van der Waals surface area contributed by atoms with E-state index in [1.807, 2.05) is 0 Å². The molecule has 0 aliphatic rings. The minimum Gasteiger partial charge on any atom is -0.480 e. The molecule has 2 amide bonds. The van der Waals surface area contributed by atoms with E-state index in [0.29, 0.717) is 20.8 Å². The molecule has 0 saturated carbocycles. The molecule has 0 spiro atoms. The van der Waals surface area contributed by atoms with E-state index in [4.69, 9.17) is 18.6 Å². The Morgan fingerprint density at radius 3 is 2.43 bits per heavy atom. The summed E-state index contributed by atoms with van der Waals surface area (Å²) in [6.45, 7) is 4.84. The SMILES string of the molecule is COc1ccc(-n2oc3c(CCNC(=O)O)c(-c4ccc(NC(=O)OC(C)(C)C)nc4)sc3n(Cc3c(F)cccc3F)o2)nn1. The lowest BCUT2D eigenvalue weighted by molar-refractivity contribution is 0.0271. The molecule has 5 aromatic rings. The van der Waals surface area contributed by atoms with Gasteiger partial charge >= 0.3 is 12.2 Å². The van der Waals surface area contributed by atoms with Crippen LogP contribution in [0.3, 0.4) is 0 Å². The highest BCUT2D eigenvalue weighted by molar-refractivity contribution is 7.22. The molecule has 1 aromatic carbocycles. The molecular weight excluding hydrogens is 628 g/mol. The van der Waals surface area contributed by atoms with Gasteiger partial charge in [-0.1, -0.05) is 6.07 Å². The second-order valence-electron chi connectivity index (χ2n) is 10.7. The van der Waals surface area contributed by atoms with Gasteiger partial charge in [0.2, 0.25) is 17.3 Å². The number of aromatic nitrogens is 5. The van der Waals surface area contributed by atoms with E-state index >= 15 is 0 Å². The van der Waals surface area contributed by atoms with Crippen LogP contribution in [0.4, 0.5) is 24.2 Å². The first-order valence-corrected chi connectivity index (χ1v) is 14.6. The number of amides is 2. The number of anilines is 1. The van der Waals surface area contributed by atoms with Gasteiger partial charge < -0.3 is 24.4 Å². The number of pyridine rings is 1. The third kappa shape index (κ3) is 7.43. The number of ether oxygens (including phenoxy) is 2. The van der Waals surface area contributed by atoms with E-state index < -0.39 is 29.4 Å². The van der Waals surface area contributed by atoms with Gasteiger partial charge in [0, 0.05) is 45.3 Å². The van der Waals surface area contributed by atoms with Crippen molar-refractivity contribution in [1.82, 2.24) is 30.2 Å². The highest BCUT2D eigenvalue weighted by Crippen LogP contribution is 2.39. The smallest absolute Gasteiger partial charge is 0.413 e. The van der Waals surface area contributed by atoms with Gasteiger partial charge in [-0.3, -0.25) is 9.95 Å². The molecule has 5 rings (SSSR count). The fourth-order valence-corrected chi connectivity index (χ4v) is 5.42. The lowest BCUT2D eigenvalue weighted by atomic mass is 10.1. The minimum absolute atomic E-state index is 0.00567. The van der Waals surface area contributed by atoms with Crippen molar-refractivity contribution in [1.29, 1.82) is 0 Å². The maximum absolute atomic E-state index is 14.8. The number of hydrogen-bond donors (Lipinski definition) is 3. The van der Waals surface area contributed by atoms with Crippen molar-refractivity contribution >= 4 is 39.8 Å². The standard InChI is InChI=1S/C29H29F2N7O7S/c1-29(2,3)43-28(41)34-21-9-8-16(14-33-21)25-17(12-13-32-27(39)40)24-26(46-25)37(15-18-19(30)6-5-7-20(18)31)45-38(44-24)22-10-11-23(42-4)36-35-22/h5-11,14,32H,12-13,15H2,1-4H3,(H,39,40)(H,33,34,41). The van der Waals surface area contributed by atoms with Crippen molar-refractivity contribution in [2.45, 2.75) is 39.3 Å². The lowest BCUT2D eigenvalue weighted by Gasteiger charge is -2.19. The number of fused-ring (bicyclic) bond motifs is 1. The molecule has 14 nitrogen and oxygen atoms in total. The molecule has 0 aliphatic carbocycles. The van der Waals surface area contributed by atoms with Crippen molar-refractivity contribution in [3.8, 4) is 22.1 Å². The number of halogens is 2. The quantitative estimate of drug-likeness (QED) is 0.167. The van der Waals surface area contributed by atoms with Crippen LogP contribution >= 0.6 is 11.3 Å². The largest absolute Gasteiger partial charge is 0.480 e. The summed E-state index contributed by atoms with van der Waals surface area (Å²) in [6.07, 6.45) is -0.244. The Kier molecular flexibility index (Phi) is 9.22. The highest BCUT2D eigenvalue weighted by Gasteiger charge is 2.24. The minimum atomic E-state index is -1.22. The predicted molar refractivity (Wildman–Crippen MR) is 162 cm³/mol. The van der Waals surface area contributed by atoms with E-state index in [9.17, 15) is 23.5 Å². The topological polar surface area (TPSA) is 172 Å². The van der Waals surface area contributed by atoms with Crippen LogP contribution in [0.15, 0.2) is 57.8 Å². The summed E-state index contributed by atoms with van der Waals surface area (Å²) in [4.78, 5) is 29.7. The van der Waals surface area contributed by atoms with Crippen LogP contribution in [-0.2, 0) is 17.7 Å². The van der Waals surface area contributed by atoms with E-state index in [0.717, 1.165) is 28.4 Å². The van der Waals surface area contributed by atoms with Crippen molar-refractivity contribution in [3.05, 3.63) is 71.4 Å². The van der Waals surface area contributed by atoms with E-state index in [1.165, 1.54) is 36.2 Å². The average Bonchev–Trinajstić information content (AvgIpc) is 3.37. The predicted octanol–water partition coefficient (Wildman–Crippen LogP) is 6.15. The zero-order chi connectivity index (χ0) is 33.0. The second-order valence-corrected chi connectivity index (χ2v) is 11.7. The monoisotopic (exact) mass is 657 g/mol. The molecule has 0 atom stereocenters. The summed E-state index contributed by atoms with van der Waals surface area (Å²) < 4.78 is 53.2. The molecule has 0 unspecified atom stereocenters. The van der Waals surface area contributed by atoms with Gasteiger partial charge in [-0.15, -0.1) is 21.5 Å². The number of nitrogens with one attached hydrogen (secondary N) is 2. The van der Waals surface area contributed by atoms with Gasteiger partial charge in [-0.25, -0.2) is 23.4 Å². The Hall–Kier alpha value is -5.45. The number of rotatable bonds is 9. The fraction of sp³-hybridized carbons (Fsp3) is 0.276. The summed E-state index contributed by atoms with van der Waals surface area (Å²) in [5, 5.41) is 22.1. The first-order chi connectivity index (χ1) is 21.9. The number of carbonyl (C=O) groups is 2. The summed E-state index contributed by atoms with van der Waals surface area (Å²) in [6, 6.07) is 9.80. The Morgan fingerprint density at radius 1 is 1.07 bits per heavy atom.